The summed E-state index contributed by atoms with van der Waals surface area (Å²) in [6, 6.07) is 15.2. The van der Waals surface area contributed by atoms with Crippen molar-refractivity contribution in [3.05, 3.63) is 76.2 Å². The van der Waals surface area contributed by atoms with E-state index in [2.05, 4.69) is 9.88 Å². The summed E-state index contributed by atoms with van der Waals surface area (Å²) in [6.45, 7) is 2.06. The Morgan fingerprint density at radius 1 is 1.07 bits per heavy atom. The van der Waals surface area contributed by atoms with E-state index < -0.39 is 0 Å². The van der Waals surface area contributed by atoms with Gasteiger partial charge in [-0.15, -0.1) is 0 Å². The second-order valence-electron chi connectivity index (χ2n) is 7.35. The van der Waals surface area contributed by atoms with Crippen LogP contribution in [0.25, 0.3) is 11.3 Å². The molecule has 1 aromatic heterocycles. The largest absolute Gasteiger partial charge is 0.441 e. The van der Waals surface area contributed by atoms with E-state index in [0.717, 1.165) is 17.7 Å². The molecule has 0 atom stereocenters. The molecule has 0 spiro atoms. The number of rotatable bonds is 9. The number of hydrogen-bond acceptors (Lipinski definition) is 4. The maximum atomic E-state index is 12.9. The van der Waals surface area contributed by atoms with E-state index in [9.17, 15) is 4.79 Å². The van der Waals surface area contributed by atoms with Gasteiger partial charge < -0.3 is 14.2 Å². The van der Waals surface area contributed by atoms with Gasteiger partial charge in [-0.2, -0.15) is 0 Å². The van der Waals surface area contributed by atoms with Crippen molar-refractivity contribution >= 4 is 29.1 Å². The van der Waals surface area contributed by atoms with Crippen LogP contribution in [0.15, 0.2) is 59.1 Å². The van der Waals surface area contributed by atoms with Gasteiger partial charge in [0.1, 0.15) is 0 Å². The smallest absolute Gasteiger partial charge is 0.223 e. The fourth-order valence-electron chi connectivity index (χ4n) is 3.03. The molecule has 30 heavy (non-hydrogen) atoms. The van der Waals surface area contributed by atoms with Crippen molar-refractivity contribution in [2.45, 2.75) is 19.4 Å². The molecule has 0 saturated carbocycles. The van der Waals surface area contributed by atoms with Crippen molar-refractivity contribution in [2.75, 3.05) is 27.2 Å². The zero-order valence-electron chi connectivity index (χ0n) is 17.1. The van der Waals surface area contributed by atoms with Gasteiger partial charge in [0, 0.05) is 43.1 Å². The molecule has 0 aliphatic carbocycles. The third-order valence-electron chi connectivity index (χ3n) is 4.69. The zero-order chi connectivity index (χ0) is 21.5. The number of benzene rings is 2. The molecule has 3 aromatic rings. The number of carbonyl (C=O) groups is 1. The predicted octanol–water partition coefficient (Wildman–Crippen LogP) is 5.17. The number of aromatic nitrogens is 1. The van der Waals surface area contributed by atoms with Crippen LogP contribution < -0.4 is 0 Å². The van der Waals surface area contributed by atoms with E-state index in [-0.39, 0.29) is 5.91 Å². The van der Waals surface area contributed by atoms with Gasteiger partial charge in [0.05, 0.1) is 11.2 Å². The van der Waals surface area contributed by atoms with Crippen LogP contribution in [0.2, 0.25) is 10.0 Å². The van der Waals surface area contributed by atoms with Crippen LogP contribution in [0.4, 0.5) is 0 Å². The minimum Gasteiger partial charge on any atom is -0.441 e. The number of carbonyl (C=O) groups excluding carboxylic acids is 1. The van der Waals surface area contributed by atoms with Crippen molar-refractivity contribution in [3.63, 3.8) is 0 Å². The molecule has 0 radical (unpaired) electrons. The molecule has 1 heterocycles. The van der Waals surface area contributed by atoms with Crippen LogP contribution in [0.3, 0.4) is 0 Å². The van der Waals surface area contributed by atoms with Crippen molar-refractivity contribution in [2.24, 2.45) is 0 Å². The number of amides is 1. The maximum Gasteiger partial charge on any atom is 0.223 e. The molecule has 0 bridgehead atoms. The predicted molar refractivity (Wildman–Crippen MR) is 121 cm³/mol. The Bertz CT molecular complexity index is 974. The highest BCUT2D eigenvalue weighted by Gasteiger charge is 2.17. The van der Waals surface area contributed by atoms with Gasteiger partial charge in [0.2, 0.25) is 5.91 Å². The number of nitrogens with zero attached hydrogens (tertiary/aromatic N) is 3. The van der Waals surface area contributed by atoms with Gasteiger partial charge in [-0.05, 0) is 37.9 Å². The monoisotopic (exact) mass is 445 g/mol. The van der Waals surface area contributed by atoms with E-state index in [0.29, 0.717) is 47.6 Å². The number of oxazole rings is 1. The lowest BCUT2D eigenvalue weighted by atomic mass is 10.2. The third-order valence-corrected chi connectivity index (χ3v) is 5.24. The second kappa shape index (κ2) is 10.6. The number of halogens is 2. The SMILES string of the molecule is CN(C)CCN(Cc1ccccc1)C(=O)CCc1ncc(-c2ccc(Cl)cc2Cl)o1. The minimum absolute atomic E-state index is 0.0741. The van der Waals surface area contributed by atoms with Crippen LogP contribution in [0.1, 0.15) is 17.9 Å². The normalized spacial score (nSPS) is 11.1. The number of hydrogen-bond donors (Lipinski definition) is 0. The molecule has 7 heteroatoms. The van der Waals surface area contributed by atoms with E-state index in [1.54, 1.807) is 24.4 Å². The summed E-state index contributed by atoms with van der Waals surface area (Å²) in [4.78, 5) is 21.2. The highest BCUT2D eigenvalue weighted by Crippen LogP contribution is 2.30. The van der Waals surface area contributed by atoms with Crippen LogP contribution in [-0.2, 0) is 17.8 Å². The van der Waals surface area contributed by atoms with E-state index >= 15 is 0 Å². The Hall–Kier alpha value is -2.34. The molecule has 0 saturated heterocycles. The lowest BCUT2D eigenvalue weighted by Crippen LogP contribution is -2.36. The van der Waals surface area contributed by atoms with Crippen molar-refractivity contribution in [1.82, 2.24) is 14.8 Å². The summed E-state index contributed by atoms with van der Waals surface area (Å²) < 4.78 is 5.82. The highest BCUT2D eigenvalue weighted by molar-refractivity contribution is 6.36. The van der Waals surface area contributed by atoms with Gasteiger partial charge in [-0.1, -0.05) is 53.5 Å². The minimum atomic E-state index is 0.0741. The van der Waals surface area contributed by atoms with Crippen LogP contribution >= 0.6 is 23.2 Å². The Kier molecular flexibility index (Phi) is 7.91. The molecule has 158 valence electrons. The Morgan fingerprint density at radius 2 is 1.83 bits per heavy atom. The highest BCUT2D eigenvalue weighted by atomic mass is 35.5. The van der Waals surface area contributed by atoms with Gasteiger partial charge in [-0.25, -0.2) is 4.98 Å². The van der Waals surface area contributed by atoms with Crippen LogP contribution in [0.5, 0.6) is 0 Å². The maximum absolute atomic E-state index is 12.9. The molecular weight excluding hydrogens is 421 g/mol. The molecule has 1 amide bonds. The van der Waals surface area contributed by atoms with E-state index in [4.69, 9.17) is 27.6 Å². The van der Waals surface area contributed by atoms with Crippen molar-refractivity contribution < 1.29 is 9.21 Å². The van der Waals surface area contributed by atoms with Crippen molar-refractivity contribution in [3.8, 4) is 11.3 Å². The summed E-state index contributed by atoms with van der Waals surface area (Å²) in [5, 5.41) is 1.06. The Balaban J connectivity index is 1.63. The number of likely N-dealkylation sites (N-methyl/N-ethyl adjacent to an activating group) is 1. The van der Waals surface area contributed by atoms with Crippen LogP contribution in [-0.4, -0.2) is 47.9 Å². The lowest BCUT2D eigenvalue weighted by Gasteiger charge is -2.24. The Morgan fingerprint density at radius 3 is 2.53 bits per heavy atom. The van der Waals surface area contributed by atoms with Gasteiger partial charge in [-0.3, -0.25) is 4.79 Å². The second-order valence-corrected chi connectivity index (χ2v) is 8.19. The standard InChI is InChI=1S/C23H25Cl2N3O2/c1-27(2)12-13-28(16-17-6-4-3-5-7-17)23(29)11-10-22-26-15-21(30-22)19-9-8-18(24)14-20(19)25/h3-9,14-15H,10-13,16H2,1-2H3. The van der Waals surface area contributed by atoms with E-state index in [1.165, 1.54) is 0 Å². The fourth-order valence-corrected chi connectivity index (χ4v) is 3.53. The summed E-state index contributed by atoms with van der Waals surface area (Å²) in [5.41, 5.74) is 1.84. The summed E-state index contributed by atoms with van der Waals surface area (Å²) in [7, 11) is 4.00. The Labute approximate surface area is 187 Å². The molecule has 0 aliphatic rings. The first-order chi connectivity index (χ1) is 14.4. The zero-order valence-corrected chi connectivity index (χ0v) is 18.7. The third kappa shape index (κ3) is 6.33. The summed E-state index contributed by atoms with van der Waals surface area (Å²) >= 11 is 12.2. The van der Waals surface area contributed by atoms with Gasteiger partial charge in [0.15, 0.2) is 11.7 Å². The fraction of sp³-hybridized carbons (Fsp3) is 0.304. The van der Waals surface area contributed by atoms with Crippen LogP contribution in [0, 0.1) is 0 Å². The lowest BCUT2D eigenvalue weighted by molar-refractivity contribution is -0.132. The molecule has 0 fully saturated rings. The first kappa shape index (κ1) is 22.3. The summed E-state index contributed by atoms with van der Waals surface area (Å²) in [6.07, 6.45) is 2.38. The molecular formula is C23H25Cl2N3O2. The van der Waals surface area contributed by atoms with Gasteiger partial charge >= 0.3 is 0 Å². The molecule has 3 rings (SSSR count). The molecule has 2 aromatic carbocycles. The average Bonchev–Trinajstić information content (AvgIpc) is 3.18. The first-order valence-corrected chi connectivity index (χ1v) is 10.5. The van der Waals surface area contributed by atoms with Gasteiger partial charge in [0.25, 0.3) is 0 Å². The average molecular weight is 446 g/mol. The topological polar surface area (TPSA) is 49.6 Å². The first-order valence-electron chi connectivity index (χ1n) is 9.79. The number of aryl methyl sites for hydroxylation is 1. The molecule has 0 aliphatic heterocycles. The summed E-state index contributed by atoms with van der Waals surface area (Å²) in [5.74, 6) is 1.15. The molecule has 5 nitrogen and oxygen atoms in total. The quantitative estimate of drug-likeness (QED) is 0.455. The van der Waals surface area contributed by atoms with E-state index in [1.807, 2.05) is 49.3 Å². The molecule has 0 N–H and O–H groups in total. The molecule has 0 unspecified atom stereocenters. The van der Waals surface area contributed by atoms with Crippen molar-refractivity contribution in [1.29, 1.82) is 0 Å².